The van der Waals surface area contributed by atoms with E-state index in [0.717, 1.165) is 23.3 Å². The van der Waals surface area contributed by atoms with Gasteiger partial charge >= 0.3 is 0 Å². The second kappa shape index (κ2) is 3.09. The van der Waals surface area contributed by atoms with Crippen LogP contribution in [0.5, 0.6) is 5.75 Å². The van der Waals surface area contributed by atoms with Crippen LogP contribution in [-0.4, -0.2) is 11.4 Å². The molecule has 0 aliphatic carbocycles. The Labute approximate surface area is 90.3 Å². The van der Waals surface area contributed by atoms with Gasteiger partial charge in [0, 0.05) is 17.5 Å². The van der Waals surface area contributed by atoms with Gasteiger partial charge in [0.15, 0.2) is 5.78 Å². The molecule has 0 bridgehead atoms. The van der Waals surface area contributed by atoms with Crippen LogP contribution >= 0.6 is 0 Å². The first-order valence-corrected chi connectivity index (χ1v) is 5.23. The Morgan fingerprint density at radius 2 is 2.07 bits per heavy atom. The van der Waals surface area contributed by atoms with Crippen LogP contribution in [0.15, 0.2) is 12.1 Å². The maximum Gasteiger partial charge on any atom is 0.160 e. The highest BCUT2D eigenvalue weighted by Gasteiger charge is 2.31. The third-order valence-corrected chi connectivity index (χ3v) is 2.92. The summed E-state index contributed by atoms with van der Waals surface area (Å²) >= 11 is 0. The molecule has 0 saturated heterocycles. The van der Waals surface area contributed by atoms with Gasteiger partial charge in [0.1, 0.15) is 11.4 Å². The Bertz CT molecular complexity index is 430. The Kier molecular flexibility index (Phi) is 2.10. The summed E-state index contributed by atoms with van der Waals surface area (Å²) in [7, 11) is 0. The van der Waals surface area contributed by atoms with Crippen molar-refractivity contribution in [3.63, 3.8) is 0 Å². The molecule has 2 heteroatoms. The smallest absolute Gasteiger partial charge is 0.160 e. The largest absolute Gasteiger partial charge is 0.487 e. The van der Waals surface area contributed by atoms with E-state index in [2.05, 4.69) is 13.8 Å². The first kappa shape index (κ1) is 10.2. The van der Waals surface area contributed by atoms with Gasteiger partial charge in [-0.15, -0.1) is 0 Å². The van der Waals surface area contributed by atoms with Crippen LogP contribution in [-0.2, 0) is 6.42 Å². The molecule has 0 N–H and O–H groups in total. The van der Waals surface area contributed by atoms with Crippen LogP contribution in [0.3, 0.4) is 0 Å². The second-order valence-electron chi connectivity index (χ2n) is 4.81. The van der Waals surface area contributed by atoms with E-state index < -0.39 is 0 Å². The van der Waals surface area contributed by atoms with Crippen molar-refractivity contribution in [2.75, 3.05) is 0 Å². The molecule has 1 aromatic carbocycles. The number of ketones is 1. The number of rotatable bonds is 1. The van der Waals surface area contributed by atoms with Crippen molar-refractivity contribution >= 4 is 5.78 Å². The fourth-order valence-electron chi connectivity index (χ4n) is 2.19. The van der Waals surface area contributed by atoms with E-state index in [1.807, 2.05) is 19.1 Å². The van der Waals surface area contributed by atoms with Gasteiger partial charge in [0.2, 0.25) is 0 Å². The Hall–Kier alpha value is -1.31. The van der Waals surface area contributed by atoms with Crippen molar-refractivity contribution < 1.29 is 9.53 Å². The highest BCUT2D eigenvalue weighted by Crippen LogP contribution is 2.37. The van der Waals surface area contributed by atoms with Crippen molar-refractivity contribution in [1.29, 1.82) is 0 Å². The number of carbonyl (C=O) groups excluding carboxylic acids is 1. The molecule has 0 saturated carbocycles. The Balaban J connectivity index is 2.53. The van der Waals surface area contributed by atoms with Gasteiger partial charge in [-0.25, -0.2) is 0 Å². The number of Topliss-reactive ketones (excluding diaryl/α,β-unsaturated/α-hetero) is 1. The standard InChI is InChI=1S/C13H16O2/c1-8-10(9(2)14)5-6-12-11(8)7-13(3,4)15-12/h5-6H,7H2,1-4H3. The maximum atomic E-state index is 11.4. The lowest BCUT2D eigenvalue weighted by Crippen LogP contribution is -2.24. The van der Waals surface area contributed by atoms with E-state index in [1.54, 1.807) is 6.92 Å². The van der Waals surface area contributed by atoms with Crippen LogP contribution < -0.4 is 4.74 Å². The fourth-order valence-corrected chi connectivity index (χ4v) is 2.19. The van der Waals surface area contributed by atoms with Gasteiger partial charge in [-0.2, -0.15) is 0 Å². The zero-order valence-corrected chi connectivity index (χ0v) is 9.68. The van der Waals surface area contributed by atoms with E-state index in [1.165, 1.54) is 5.56 Å². The summed E-state index contributed by atoms with van der Waals surface area (Å²) in [5, 5.41) is 0. The molecule has 80 valence electrons. The van der Waals surface area contributed by atoms with Crippen LogP contribution in [0.2, 0.25) is 0 Å². The van der Waals surface area contributed by atoms with Crippen LogP contribution in [0.1, 0.15) is 42.3 Å². The van der Waals surface area contributed by atoms with Gasteiger partial charge in [-0.3, -0.25) is 4.79 Å². The van der Waals surface area contributed by atoms with E-state index in [0.29, 0.717) is 0 Å². The first-order chi connectivity index (χ1) is 6.91. The minimum Gasteiger partial charge on any atom is -0.487 e. The minimum absolute atomic E-state index is 0.125. The van der Waals surface area contributed by atoms with Crippen molar-refractivity contribution in [2.45, 2.75) is 39.7 Å². The highest BCUT2D eigenvalue weighted by atomic mass is 16.5. The molecule has 2 nitrogen and oxygen atoms in total. The van der Waals surface area contributed by atoms with Gasteiger partial charge in [0.05, 0.1) is 0 Å². The molecular weight excluding hydrogens is 188 g/mol. The highest BCUT2D eigenvalue weighted by molar-refractivity contribution is 5.96. The van der Waals surface area contributed by atoms with Crippen molar-refractivity contribution in [3.8, 4) is 5.75 Å². The average molecular weight is 204 g/mol. The van der Waals surface area contributed by atoms with Crippen molar-refractivity contribution in [1.82, 2.24) is 0 Å². The fraction of sp³-hybridized carbons (Fsp3) is 0.462. The third kappa shape index (κ3) is 1.65. The molecule has 0 radical (unpaired) electrons. The molecule has 1 aliphatic heterocycles. The lowest BCUT2D eigenvalue weighted by Gasteiger charge is -2.16. The Morgan fingerprint density at radius 1 is 1.40 bits per heavy atom. The molecule has 0 atom stereocenters. The number of benzene rings is 1. The molecular formula is C13H16O2. The molecule has 1 heterocycles. The zero-order chi connectivity index (χ0) is 11.2. The summed E-state index contributed by atoms with van der Waals surface area (Å²) < 4.78 is 5.80. The van der Waals surface area contributed by atoms with E-state index in [4.69, 9.17) is 4.74 Å². The summed E-state index contributed by atoms with van der Waals surface area (Å²) in [6.07, 6.45) is 0.884. The lowest BCUT2D eigenvalue weighted by atomic mass is 9.94. The normalized spacial score (nSPS) is 17.1. The van der Waals surface area contributed by atoms with Crippen molar-refractivity contribution in [3.05, 3.63) is 28.8 Å². The summed E-state index contributed by atoms with van der Waals surface area (Å²) in [5.41, 5.74) is 2.94. The molecule has 0 spiro atoms. The quantitative estimate of drug-likeness (QED) is 0.657. The predicted octanol–water partition coefficient (Wildman–Crippen LogP) is 2.91. The second-order valence-corrected chi connectivity index (χ2v) is 4.81. The molecule has 1 aromatic rings. The molecule has 0 unspecified atom stereocenters. The maximum absolute atomic E-state index is 11.4. The molecule has 0 fully saturated rings. The van der Waals surface area contributed by atoms with Crippen LogP contribution in [0, 0.1) is 6.92 Å². The molecule has 15 heavy (non-hydrogen) atoms. The number of hydrogen-bond donors (Lipinski definition) is 0. The molecule has 1 aliphatic rings. The average Bonchev–Trinajstić information content (AvgIpc) is 2.40. The minimum atomic E-state index is -0.136. The first-order valence-electron chi connectivity index (χ1n) is 5.23. The number of fused-ring (bicyclic) bond motifs is 1. The lowest BCUT2D eigenvalue weighted by molar-refractivity contribution is 0.101. The van der Waals surface area contributed by atoms with E-state index >= 15 is 0 Å². The topological polar surface area (TPSA) is 26.3 Å². The van der Waals surface area contributed by atoms with E-state index in [9.17, 15) is 4.79 Å². The van der Waals surface area contributed by atoms with Gasteiger partial charge < -0.3 is 4.74 Å². The number of carbonyl (C=O) groups is 1. The molecule has 0 amide bonds. The van der Waals surface area contributed by atoms with Crippen LogP contribution in [0.4, 0.5) is 0 Å². The SMILES string of the molecule is CC(=O)c1ccc2c(c1C)CC(C)(C)O2. The summed E-state index contributed by atoms with van der Waals surface area (Å²) in [6.45, 7) is 7.75. The van der Waals surface area contributed by atoms with Gasteiger partial charge in [-0.1, -0.05) is 0 Å². The monoisotopic (exact) mass is 204 g/mol. The van der Waals surface area contributed by atoms with Gasteiger partial charge in [0.25, 0.3) is 0 Å². The summed E-state index contributed by atoms with van der Waals surface area (Å²) in [6, 6.07) is 3.77. The Morgan fingerprint density at radius 3 is 2.67 bits per heavy atom. The summed E-state index contributed by atoms with van der Waals surface area (Å²) in [4.78, 5) is 11.4. The zero-order valence-electron chi connectivity index (χ0n) is 9.68. The van der Waals surface area contributed by atoms with E-state index in [-0.39, 0.29) is 11.4 Å². The predicted molar refractivity (Wildman–Crippen MR) is 59.6 cm³/mol. The third-order valence-electron chi connectivity index (χ3n) is 2.92. The number of ether oxygens (including phenoxy) is 1. The summed E-state index contributed by atoms with van der Waals surface area (Å²) in [5.74, 6) is 1.06. The molecule has 2 rings (SSSR count). The number of hydrogen-bond acceptors (Lipinski definition) is 2. The van der Waals surface area contributed by atoms with Crippen LogP contribution in [0.25, 0.3) is 0 Å². The van der Waals surface area contributed by atoms with Crippen molar-refractivity contribution in [2.24, 2.45) is 0 Å². The molecule has 0 aromatic heterocycles. The van der Waals surface area contributed by atoms with Gasteiger partial charge in [-0.05, 0) is 45.4 Å².